The number of amides is 1. The first-order valence-corrected chi connectivity index (χ1v) is 11.5. The lowest BCUT2D eigenvalue weighted by Crippen LogP contribution is -2.34. The molecule has 2 aromatic carbocycles. The maximum Gasteiger partial charge on any atom is 0.251 e. The number of carbonyl (C=O) groups excluding carboxylic acids is 1. The van der Waals surface area contributed by atoms with Gasteiger partial charge in [0.2, 0.25) is 0 Å². The first-order chi connectivity index (χ1) is 14.6. The zero-order valence-corrected chi connectivity index (χ0v) is 18.5. The Morgan fingerprint density at radius 2 is 1.93 bits per heavy atom. The molecule has 7 heteroatoms. The fourth-order valence-electron chi connectivity index (χ4n) is 3.12. The van der Waals surface area contributed by atoms with Crippen molar-refractivity contribution in [3.63, 3.8) is 0 Å². The van der Waals surface area contributed by atoms with E-state index in [1.807, 2.05) is 73.6 Å². The molecule has 4 rings (SSSR count). The van der Waals surface area contributed by atoms with E-state index in [2.05, 4.69) is 16.4 Å². The van der Waals surface area contributed by atoms with Gasteiger partial charge in [0.15, 0.2) is 4.34 Å². The van der Waals surface area contributed by atoms with Crippen LogP contribution in [0.5, 0.6) is 0 Å². The Kier molecular flexibility index (Phi) is 6.52. The van der Waals surface area contributed by atoms with Gasteiger partial charge in [-0.3, -0.25) is 9.69 Å². The van der Waals surface area contributed by atoms with Gasteiger partial charge in [0, 0.05) is 17.9 Å². The largest absolute Gasteiger partial charge is 0.468 e. The van der Waals surface area contributed by atoms with Crippen LogP contribution in [0.3, 0.4) is 0 Å². The van der Waals surface area contributed by atoms with Crippen molar-refractivity contribution in [2.75, 3.05) is 20.6 Å². The normalized spacial score (nSPS) is 12.4. The van der Waals surface area contributed by atoms with Crippen molar-refractivity contribution < 1.29 is 9.21 Å². The molecule has 0 aliphatic rings. The minimum absolute atomic E-state index is 0.00608. The van der Waals surface area contributed by atoms with E-state index in [9.17, 15) is 4.79 Å². The molecule has 1 N–H and O–H groups in total. The molecule has 30 heavy (non-hydrogen) atoms. The van der Waals surface area contributed by atoms with E-state index in [4.69, 9.17) is 4.42 Å². The predicted molar refractivity (Wildman–Crippen MR) is 123 cm³/mol. The number of furan rings is 1. The average molecular weight is 438 g/mol. The molecular formula is C23H23N3O2S2. The average Bonchev–Trinajstić information content (AvgIpc) is 3.42. The molecule has 0 spiro atoms. The number of nitrogens with one attached hydrogen (secondary N) is 1. The van der Waals surface area contributed by atoms with E-state index < -0.39 is 0 Å². The number of aromatic nitrogens is 1. The molecule has 0 aliphatic heterocycles. The van der Waals surface area contributed by atoms with Crippen molar-refractivity contribution in [3.8, 4) is 0 Å². The van der Waals surface area contributed by atoms with Crippen LogP contribution in [-0.2, 0) is 5.75 Å². The molecule has 4 aromatic rings. The van der Waals surface area contributed by atoms with Crippen molar-refractivity contribution in [3.05, 3.63) is 83.8 Å². The van der Waals surface area contributed by atoms with Crippen LogP contribution in [0.15, 0.2) is 75.7 Å². The van der Waals surface area contributed by atoms with Gasteiger partial charge in [0.05, 0.1) is 22.5 Å². The molecule has 1 unspecified atom stereocenters. The van der Waals surface area contributed by atoms with Crippen LogP contribution in [0, 0.1) is 0 Å². The second-order valence-electron chi connectivity index (χ2n) is 7.14. The molecule has 0 saturated heterocycles. The third-order valence-corrected chi connectivity index (χ3v) is 7.05. The summed E-state index contributed by atoms with van der Waals surface area (Å²) < 4.78 is 7.76. The highest BCUT2D eigenvalue weighted by atomic mass is 32.2. The van der Waals surface area contributed by atoms with Gasteiger partial charge in [-0.15, -0.1) is 11.3 Å². The molecule has 0 aliphatic carbocycles. The van der Waals surface area contributed by atoms with E-state index in [0.29, 0.717) is 12.1 Å². The van der Waals surface area contributed by atoms with E-state index >= 15 is 0 Å². The molecule has 0 radical (unpaired) electrons. The third-order valence-electron chi connectivity index (χ3n) is 4.80. The summed E-state index contributed by atoms with van der Waals surface area (Å²) >= 11 is 3.43. The van der Waals surface area contributed by atoms with Gasteiger partial charge in [0.1, 0.15) is 5.76 Å². The number of hydrogen-bond acceptors (Lipinski definition) is 6. The monoisotopic (exact) mass is 437 g/mol. The first kappa shape index (κ1) is 20.7. The number of benzene rings is 2. The highest BCUT2D eigenvalue weighted by Crippen LogP contribution is 2.31. The van der Waals surface area contributed by atoms with Crippen LogP contribution in [0.2, 0.25) is 0 Å². The van der Waals surface area contributed by atoms with Crippen LogP contribution in [-0.4, -0.2) is 36.4 Å². The number of thiazole rings is 1. The third kappa shape index (κ3) is 4.92. The lowest BCUT2D eigenvalue weighted by molar-refractivity contribution is 0.0939. The molecule has 1 atom stereocenters. The van der Waals surface area contributed by atoms with E-state index in [1.165, 1.54) is 4.70 Å². The van der Waals surface area contributed by atoms with Crippen LogP contribution >= 0.6 is 23.1 Å². The van der Waals surface area contributed by atoms with Gasteiger partial charge < -0.3 is 9.73 Å². The molecule has 2 aromatic heterocycles. The van der Waals surface area contributed by atoms with Crippen LogP contribution in [0.25, 0.3) is 10.2 Å². The number of likely N-dealkylation sites (N-methyl/N-ethyl adjacent to an activating group) is 1. The number of hydrogen-bond donors (Lipinski definition) is 1. The van der Waals surface area contributed by atoms with Crippen molar-refractivity contribution in [1.29, 1.82) is 0 Å². The van der Waals surface area contributed by atoms with Crippen LogP contribution < -0.4 is 5.32 Å². The summed E-state index contributed by atoms with van der Waals surface area (Å²) in [6.07, 6.45) is 1.65. The molecule has 0 saturated carbocycles. The summed E-state index contributed by atoms with van der Waals surface area (Å²) in [5.41, 5.74) is 2.86. The Bertz CT molecular complexity index is 1070. The summed E-state index contributed by atoms with van der Waals surface area (Å²) in [7, 11) is 3.94. The van der Waals surface area contributed by atoms with E-state index in [-0.39, 0.29) is 11.9 Å². The lowest BCUT2D eigenvalue weighted by atomic mass is 10.1. The SMILES string of the molecule is CN(C)C(CNC(=O)c1ccc(CSc2nc3ccccc3s2)cc1)c1ccco1. The van der Waals surface area contributed by atoms with E-state index in [0.717, 1.165) is 26.9 Å². The van der Waals surface area contributed by atoms with Crippen LogP contribution in [0.1, 0.15) is 27.7 Å². The molecule has 5 nitrogen and oxygen atoms in total. The van der Waals surface area contributed by atoms with Crippen molar-refractivity contribution >= 4 is 39.2 Å². The van der Waals surface area contributed by atoms with Gasteiger partial charge in [0.25, 0.3) is 5.91 Å². The topological polar surface area (TPSA) is 58.4 Å². The minimum Gasteiger partial charge on any atom is -0.468 e. The molecular weight excluding hydrogens is 414 g/mol. The maximum atomic E-state index is 12.6. The van der Waals surface area contributed by atoms with Gasteiger partial charge in [-0.25, -0.2) is 4.98 Å². The van der Waals surface area contributed by atoms with Gasteiger partial charge in [-0.05, 0) is 56.1 Å². The zero-order valence-electron chi connectivity index (χ0n) is 16.9. The van der Waals surface area contributed by atoms with Gasteiger partial charge in [-0.2, -0.15) is 0 Å². The molecule has 0 fully saturated rings. The quantitative estimate of drug-likeness (QED) is 0.383. The summed E-state index contributed by atoms with van der Waals surface area (Å²) in [5, 5.41) is 3.01. The number of rotatable bonds is 8. The predicted octanol–water partition coefficient (Wildman–Crippen LogP) is 5.21. The second kappa shape index (κ2) is 9.47. The lowest BCUT2D eigenvalue weighted by Gasteiger charge is -2.22. The zero-order chi connectivity index (χ0) is 20.9. The minimum atomic E-state index is -0.0845. The van der Waals surface area contributed by atoms with Crippen molar-refractivity contribution in [2.24, 2.45) is 0 Å². The fourth-order valence-corrected chi connectivity index (χ4v) is 5.14. The Morgan fingerprint density at radius 3 is 2.63 bits per heavy atom. The second-order valence-corrected chi connectivity index (χ2v) is 9.39. The molecule has 1 amide bonds. The maximum absolute atomic E-state index is 12.6. The highest BCUT2D eigenvalue weighted by molar-refractivity contribution is 8.00. The summed E-state index contributed by atoms with van der Waals surface area (Å²) in [6.45, 7) is 0.481. The number of thioether (sulfide) groups is 1. The number of para-hydroxylation sites is 1. The van der Waals surface area contributed by atoms with E-state index in [1.54, 1.807) is 29.4 Å². The highest BCUT2D eigenvalue weighted by Gasteiger charge is 2.18. The number of nitrogens with zero attached hydrogens (tertiary/aromatic N) is 2. The van der Waals surface area contributed by atoms with Crippen molar-refractivity contribution in [2.45, 2.75) is 16.1 Å². The summed E-state index contributed by atoms with van der Waals surface area (Å²) in [6, 6.07) is 19.7. The Labute approximate surface area is 184 Å². The number of carbonyl (C=O) groups is 1. The summed E-state index contributed by atoms with van der Waals surface area (Å²) in [5.74, 6) is 1.57. The number of fused-ring (bicyclic) bond motifs is 1. The Hall–Kier alpha value is -2.61. The van der Waals surface area contributed by atoms with Gasteiger partial charge in [-0.1, -0.05) is 36.0 Å². The Morgan fingerprint density at radius 1 is 1.13 bits per heavy atom. The fraction of sp³-hybridized carbons (Fsp3) is 0.217. The molecule has 2 heterocycles. The first-order valence-electron chi connectivity index (χ1n) is 9.65. The Balaban J connectivity index is 1.32. The standard InChI is InChI=1S/C23H23N3O2S2/c1-26(2)19(20-7-5-13-28-20)14-24-22(27)17-11-9-16(10-12-17)15-29-23-25-18-6-3-4-8-21(18)30-23/h3-13,19H,14-15H2,1-2H3,(H,24,27). The van der Waals surface area contributed by atoms with Crippen molar-refractivity contribution in [1.82, 2.24) is 15.2 Å². The van der Waals surface area contributed by atoms with Crippen LogP contribution in [0.4, 0.5) is 0 Å². The summed E-state index contributed by atoms with van der Waals surface area (Å²) in [4.78, 5) is 19.2. The molecule has 154 valence electrons. The molecule has 0 bridgehead atoms. The smallest absolute Gasteiger partial charge is 0.251 e. The van der Waals surface area contributed by atoms with Gasteiger partial charge >= 0.3 is 0 Å².